The van der Waals surface area contributed by atoms with Gasteiger partial charge in [0.1, 0.15) is 0 Å². The smallest absolute Gasteiger partial charge is 0.191 e. The molecule has 1 saturated heterocycles. The van der Waals surface area contributed by atoms with Crippen molar-refractivity contribution >= 4 is 47.4 Å². The zero-order valence-electron chi connectivity index (χ0n) is 18.2. The predicted molar refractivity (Wildman–Crippen MR) is 139 cm³/mol. The van der Waals surface area contributed by atoms with Crippen LogP contribution in [-0.2, 0) is 6.54 Å². The number of aliphatic hydroxyl groups is 1. The summed E-state index contributed by atoms with van der Waals surface area (Å²) in [6, 6.07) is 8.83. The molecule has 0 spiro atoms. The summed E-state index contributed by atoms with van der Waals surface area (Å²) in [7, 11) is 0. The van der Waals surface area contributed by atoms with Crippen molar-refractivity contribution in [3.05, 3.63) is 29.8 Å². The quantitative estimate of drug-likeness (QED) is 0.240. The molecule has 0 unspecified atom stereocenters. The number of anilines is 1. The SMILES string of the molecule is CCNC(=NCc1ccc(N2CCSCC2)cc1)NCC(CC)(CC)CCO.I. The van der Waals surface area contributed by atoms with Crippen molar-refractivity contribution in [2.75, 3.05) is 49.2 Å². The maximum atomic E-state index is 9.42. The average Bonchev–Trinajstić information content (AvgIpc) is 2.76. The Morgan fingerprint density at radius 2 is 1.76 bits per heavy atom. The van der Waals surface area contributed by atoms with Crippen molar-refractivity contribution in [3.63, 3.8) is 0 Å². The van der Waals surface area contributed by atoms with Crippen LogP contribution in [0.5, 0.6) is 0 Å². The summed E-state index contributed by atoms with van der Waals surface area (Å²) in [5.74, 6) is 3.29. The summed E-state index contributed by atoms with van der Waals surface area (Å²) >= 11 is 2.04. The molecule has 0 aliphatic carbocycles. The molecular weight excluding hydrogens is 495 g/mol. The molecule has 1 aliphatic rings. The Balaban J connectivity index is 0.00000420. The van der Waals surface area contributed by atoms with Crippen LogP contribution >= 0.6 is 35.7 Å². The van der Waals surface area contributed by atoms with Gasteiger partial charge in [0.05, 0.1) is 6.54 Å². The molecular formula is C22H39IN4OS. The maximum absolute atomic E-state index is 9.42. The lowest BCUT2D eigenvalue weighted by Crippen LogP contribution is -2.43. The van der Waals surface area contributed by atoms with Crippen molar-refractivity contribution in [3.8, 4) is 0 Å². The predicted octanol–water partition coefficient (Wildman–Crippen LogP) is 4.10. The maximum Gasteiger partial charge on any atom is 0.191 e. The fourth-order valence-corrected chi connectivity index (χ4v) is 4.50. The molecule has 3 N–H and O–H groups in total. The number of aliphatic hydroxyl groups excluding tert-OH is 1. The van der Waals surface area contributed by atoms with E-state index in [9.17, 15) is 5.11 Å². The average molecular weight is 535 g/mol. The number of halogens is 1. The van der Waals surface area contributed by atoms with E-state index in [1.165, 1.54) is 22.8 Å². The van der Waals surface area contributed by atoms with Gasteiger partial charge in [-0.15, -0.1) is 24.0 Å². The third kappa shape index (κ3) is 8.53. The summed E-state index contributed by atoms with van der Waals surface area (Å²) in [5, 5.41) is 16.3. The second-order valence-corrected chi connectivity index (χ2v) is 8.72. The highest BCUT2D eigenvalue weighted by Crippen LogP contribution is 2.29. The number of benzene rings is 1. The standard InChI is InChI=1S/C22H38N4OS.HI/c1-4-22(5-2,11-14-27)18-25-21(23-6-3)24-17-19-7-9-20(10-8-19)26-12-15-28-16-13-26;/h7-10,27H,4-6,11-18H2,1-3H3,(H2,23,24,25);1H. The van der Waals surface area contributed by atoms with Gasteiger partial charge in [-0.05, 0) is 49.3 Å². The third-order valence-electron chi connectivity index (χ3n) is 5.85. The Morgan fingerprint density at radius 1 is 1.10 bits per heavy atom. The number of nitrogens with one attached hydrogen (secondary N) is 2. The highest BCUT2D eigenvalue weighted by molar-refractivity contribution is 14.0. The van der Waals surface area contributed by atoms with Gasteiger partial charge in [0.25, 0.3) is 0 Å². The summed E-state index contributed by atoms with van der Waals surface area (Å²) in [6.07, 6.45) is 2.92. The fourth-order valence-electron chi connectivity index (χ4n) is 3.60. The summed E-state index contributed by atoms with van der Waals surface area (Å²) in [5.41, 5.74) is 2.66. The topological polar surface area (TPSA) is 59.9 Å². The Hall–Kier alpha value is -0.670. The second kappa shape index (κ2) is 14.4. The first-order valence-electron chi connectivity index (χ1n) is 10.7. The molecule has 0 amide bonds. The lowest BCUT2D eigenvalue weighted by molar-refractivity contribution is 0.169. The zero-order valence-corrected chi connectivity index (χ0v) is 21.4. The molecule has 1 fully saturated rings. The highest BCUT2D eigenvalue weighted by Gasteiger charge is 2.25. The minimum Gasteiger partial charge on any atom is -0.396 e. The number of hydrogen-bond acceptors (Lipinski definition) is 4. The zero-order chi connectivity index (χ0) is 20.2. The van der Waals surface area contributed by atoms with Gasteiger partial charge >= 0.3 is 0 Å². The molecule has 166 valence electrons. The second-order valence-electron chi connectivity index (χ2n) is 7.50. The Bertz CT molecular complexity index is 587. The number of rotatable bonds is 10. The van der Waals surface area contributed by atoms with Crippen LogP contribution in [0.2, 0.25) is 0 Å². The Kier molecular flexibility index (Phi) is 13.1. The number of aliphatic imine (C=N–C) groups is 1. The molecule has 0 radical (unpaired) electrons. The van der Waals surface area contributed by atoms with Crippen molar-refractivity contribution in [1.82, 2.24) is 10.6 Å². The van der Waals surface area contributed by atoms with Gasteiger partial charge in [-0.2, -0.15) is 11.8 Å². The normalized spacial score (nSPS) is 15.0. The highest BCUT2D eigenvalue weighted by atomic mass is 127. The molecule has 2 rings (SSSR count). The van der Waals surface area contributed by atoms with Crippen molar-refractivity contribution in [2.24, 2.45) is 10.4 Å². The van der Waals surface area contributed by atoms with Gasteiger partial charge in [0.15, 0.2) is 5.96 Å². The first-order valence-corrected chi connectivity index (χ1v) is 11.9. The molecule has 1 heterocycles. The van der Waals surface area contributed by atoms with Crippen molar-refractivity contribution in [1.29, 1.82) is 0 Å². The van der Waals surface area contributed by atoms with Crippen LogP contribution in [0.1, 0.15) is 45.6 Å². The van der Waals surface area contributed by atoms with E-state index >= 15 is 0 Å². The van der Waals surface area contributed by atoms with Crippen molar-refractivity contribution < 1.29 is 5.11 Å². The van der Waals surface area contributed by atoms with Gasteiger partial charge in [0, 0.05) is 50.0 Å². The summed E-state index contributed by atoms with van der Waals surface area (Å²) in [6.45, 7) is 11.3. The van der Waals surface area contributed by atoms with Crippen LogP contribution in [-0.4, -0.2) is 55.4 Å². The number of nitrogens with zero attached hydrogens (tertiary/aromatic N) is 2. The van der Waals surface area contributed by atoms with Crippen LogP contribution in [0.4, 0.5) is 5.69 Å². The molecule has 0 atom stereocenters. The number of guanidine groups is 1. The monoisotopic (exact) mass is 534 g/mol. The van der Waals surface area contributed by atoms with Gasteiger partial charge in [-0.1, -0.05) is 26.0 Å². The molecule has 1 aromatic carbocycles. The van der Waals surface area contributed by atoms with Crippen LogP contribution in [0, 0.1) is 5.41 Å². The van der Waals surface area contributed by atoms with Crippen LogP contribution in [0.15, 0.2) is 29.3 Å². The van der Waals surface area contributed by atoms with Gasteiger partial charge in [-0.3, -0.25) is 0 Å². The van der Waals surface area contributed by atoms with E-state index in [-0.39, 0.29) is 36.0 Å². The molecule has 1 aliphatic heterocycles. The summed E-state index contributed by atoms with van der Waals surface area (Å²) < 4.78 is 0. The molecule has 1 aromatic rings. The van der Waals surface area contributed by atoms with Crippen LogP contribution in [0.25, 0.3) is 0 Å². The van der Waals surface area contributed by atoms with E-state index in [1.54, 1.807) is 0 Å². The minimum atomic E-state index is 0. The van der Waals surface area contributed by atoms with E-state index in [1.807, 2.05) is 11.8 Å². The Labute approximate surface area is 198 Å². The van der Waals surface area contributed by atoms with E-state index < -0.39 is 0 Å². The van der Waals surface area contributed by atoms with E-state index in [4.69, 9.17) is 4.99 Å². The van der Waals surface area contributed by atoms with E-state index in [0.717, 1.165) is 51.4 Å². The van der Waals surface area contributed by atoms with E-state index in [2.05, 4.69) is 60.6 Å². The molecule has 29 heavy (non-hydrogen) atoms. The van der Waals surface area contributed by atoms with Gasteiger partial charge in [0.2, 0.25) is 0 Å². The lowest BCUT2D eigenvalue weighted by Gasteiger charge is -2.32. The van der Waals surface area contributed by atoms with Crippen molar-refractivity contribution in [2.45, 2.75) is 46.6 Å². The largest absolute Gasteiger partial charge is 0.396 e. The van der Waals surface area contributed by atoms with E-state index in [0.29, 0.717) is 6.54 Å². The van der Waals surface area contributed by atoms with Crippen LogP contribution < -0.4 is 15.5 Å². The minimum absolute atomic E-state index is 0. The molecule has 0 bridgehead atoms. The molecule has 0 aromatic heterocycles. The number of hydrogen-bond donors (Lipinski definition) is 3. The molecule has 5 nitrogen and oxygen atoms in total. The third-order valence-corrected chi connectivity index (χ3v) is 6.79. The molecule has 0 saturated carbocycles. The van der Waals surface area contributed by atoms with Crippen LogP contribution in [0.3, 0.4) is 0 Å². The Morgan fingerprint density at radius 3 is 2.31 bits per heavy atom. The number of thioether (sulfide) groups is 1. The first-order chi connectivity index (χ1) is 13.7. The molecule has 7 heteroatoms. The summed E-state index contributed by atoms with van der Waals surface area (Å²) in [4.78, 5) is 7.24. The van der Waals surface area contributed by atoms with Gasteiger partial charge in [-0.25, -0.2) is 4.99 Å². The fraction of sp³-hybridized carbons (Fsp3) is 0.682. The first kappa shape index (κ1) is 26.4. The van der Waals surface area contributed by atoms with Gasteiger partial charge < -0.3 is 20.6 Å². The lowest BCUT2D eigenvalue weighted by atomic mass is 9.79.